The average Bonchev–Trinajstić information content (AvgIpc) is 2.56. The molecule has 0 bridgehead atoms. The Bertz CT molecular complexity index is 487. The van der Waals surface area contributed by atoms with Crippen LogP contribution in [0.15, 0.2) is 29.3 Å². The number of benzene rings is 1. The highest BCUT2D eigenvalue weighted by atomic mass is 16.5. The predicted molar refractivity (Wildman–Crippen MR) is 88.5 cm³/mol. The maximum atomic E-state index is 12.2. The number of rotatable bonds is 8. The molecule has 1 aromatic carbocycles. The number of nitrogens with one attached hydrogen (secondary N) is 1. The Morgan fingerprint density at radius 1 is 1.23 bits per heavy atom. The molecule has 0 aliphatic carbocycles. The van der Waals surface area contributed by atoms with Crippen LogP contribution in [0.25, 0.3) is 0 Å². The largest absolute Gasteiger partial charge is 0.497 e. The Balaban J connectivity index is 2.67. The zero-order chi connectivity index (χ0) is 16.2. The summed E-state index contributed by atoms with van der Waals surface area (Å²) in [4.78, 5) is 16.6. The first-order chi connectivity index (χ1) is 10.7. The molecule has 0 atom stereocenters. The minimum Gasteiger partial charge on any atom is -0.497 e. The number of carbonyl (C=O) groups excluding carboxylic acids is 1. The highest BCUT2D eigenvalue weighted by Crippen LogP contribution is 2.12. The number of ether oxygens (including phenoxy) is 2. The minimum atomic E-state index is -0.246. The first-order valence-electron chi connectivity index (χ1n) is 7.83. The van der Waals surface area contributed by atoms with Gasteiger partial charge in [0.1, 0.15) is 5.75 Å². The van der Waals surface area contributed by atoms with Gasteiger partial charge in [-0.3, -0.25) is 10.1 Å². The number of unbranched alkanes of at least 4 members (excludes halogenated alkanes) is 2. The highest BCUT2D eigenvalue weighted by Gasteiger charge is 2.10. The van der Waals surface area contributed by atoms with E-state index in [2.05, 4.69) is 17.2 Å². The summed E-state index contributed by atoms with van der Waals surface area (Å²) >= 11 is 0. The van der Waals surface area contributed by atoms with Crippen LogP contribution in [0.5, 0.6) is 5.75 Å². The van der Waals surface area contributed by atoms with Crippen LogP contribution in [0.3, 0.4) is 0 Å². The summed E-state index contributed by atoms with van der Waals surface area (Å²) in [5.74, 6) is 0.396. The van der Waals surface area contributed by atoms with Crippen molar-refractivity contribution in [3.05, 3.63) is 29.8 Å². The van der Waals surface area contributed by atoms with E-state index in [1.54, 1.807) is 31.4 Å². The van der Waals surface area contributed by atoms with E-state index in [-0.39, 0.29) is 5.91 Å². The molecule has 0 aromatic heterocycles. The van der Waals surface area contributed by atoms with Crippen LogP contribution >= 0.6 is 0 Å². The van der Waals surface area contributed by atoms with Crippen LogP contribution in [0.4, 0.5) is 0 Å². The Labute approximate surface area is 132 Å². The lowest BCUT2D eigenvalue weighted by molar-refractivity contribution is 0.0965. The minimum absolute atomic E-state index is 0.246. The van der Waals surface area contributed by atoms with E-state index in [0.29, 0.717) is 30.5 Å². The molecule has 0 aliphatic rings. The van der Waals surface area contributed by atoms with E-state index >= 15 is 0 Å². The summed E-state index contributed by atoms with van der Waals surface area (Å²) in [5.41, 5.74) is 0.515. The maximum absolute atomic E-state index is 12.2. The molecule has 5 heteroatoms. The van der Waals surface area contributed by atoms with E-state index in [1.165, 1.54) is 0 Å². The number of nitrogens with zero attached hydrogens (tertiary/aromatic N) is 1. The number of aliphatic imine (C=N–C) groups is 1. The first kappa shape index (κ1) is 18.0. The van der Waals surface area contributed by atoms with Gasteiger partial charge in [0.15, 0.2) is 0 Å². The zero-order valence-corrected chi connectivity index (χ0v) is 13.7. The monoisotopic (exact) mass is 306 g/mol. The molecule has 1 aromatic rings. The fourth-order valence-corrected chi connectivity index (χ4v) is 1.80. The van der Waals surface area contributed by atoms with Gasteiger partial charge < -0.3 is 9.47 Å². The van der Waals surface area contributed by atoms with Crippen LogP contribution in [0.1, 0.15) is 49.9 Å². The van der Waals surface area contributed by atoms with E-state index in [9.17, 15) is 4.79 Å². The molecule has 0 spiro atoms. The molecule has 1 amide bonds. The third-order valence-corrected chi connectivity index (χ3v) is 3.01. The summed E-state index contributed by atoms with van der Waals surface area (Å²) < 4.78 is 10.6. The van der Waals surface area contributed by atoms with E-state index < -0.39 is 0 Å². The van der Waals surface area contributed by atoms with Gasteiger partial charge in [0, 0.05) is 12.1 Å². The van der Waals surface area contributed by atoms with Gasteiger partial charge in [-0.05, 0) is 31.0 Å². The second kappa shape index (κ2) is 10.7. The molecule has 0 fully saturated rings. The highest BCUT2D eigenvalue weighted by molar-refractivity contribution is 6.04. The van der Waals surface area contributed by atoms with Gasteiger partial charge in [-0.2, -0.15) is 0 Å². The molecule has 1 N–H and O–H groups in total. The van der Waals surface area contributed by atoms with Gasteiger partial charge in [0.25, 0.3) is 11.9 Å². The summed E-state index contributed by atoms with van der Waals surface area (Å²) in [7, 11) is 1.57. The topological polar surface area (TPSA) is 59.9 Å². The lowest BCUT2D eigenvalue weighted by Gasteiger charge is -2.10. The van der Waals surface area contributed by atoms with Crippen LogP contribution in [-0.2, 0) is 4.74 Å². The van der Waals surface area contributed by atoms with Gasteiger partial charge in [-0.1, -0.05) is 32.8 Å². The van der Waals surface area contributed by atoms with Gasteiger partial charge >= 0.3 is 0 Å². The number of hydrogen-bond acceptors (Lipinski definition) is 4. The number of methoxy groups -OCH3 is 1. The second-order valence-electron chi connectivity index (χ2n) is 4.93. The third-order valence-electron chi connectivity index (χ3n) is 3.01. The number of amidine groups is 1. The van der Waals surface area contributed by atoms with Crippen molar-refractivity contribution >= 4 is 11.9 Å². The van der Waals surface area contributed by atoms with E-state index in [1.807, 2.05) is 6.92 Å². The fourth-order valence-electron chi connectivity index (χ4n) is 1.80. The molecule has 0 radical (unpaired) electrons. The average molecular weight is 306 g/mol. The Morgan fingerprint density at radius 3 is 2.73 bits per heavy atom. The van der Waals surface area contributed by atoms with Crippen molar-refractivity contribution < 1.29 is 14.3 Å². The lowest BCUT2D eigenvalue weighted by atomic mass is 10.2. The summed E-state index contributed by atoms with van der Waals surface area (Å²) in [6, 6.07) is 7.28. The van der Waals surface area contributed by atoms with Crippen LogP contribution in [0.2, 0.25) is 0 Å². The van der Waals surface area contributed by atoms with Crippen molar-refractivity contribution in [2.45, 2.75) is 39.5 Å². The normalized spacial score (nSPS) is 11.1. The third kappa shape index (κ3) is 6.61. The maximum Gasteiger partial charge on any atom is 0.291 e. The Kier molecular flexibility index (Phi) is 8.72. The zero-order valence-electron chi connectivity index (χ0n) is 13.7. The smallest absolute Gasteiger partial charge is 0.291 e. The quantitative estimate of drug-likeness (QED) is 0.455. The lowest BCUT2D eigenvalue weighted by Crippen LogP contribution is -2.33. The molecular formula is C17H26N2O3. The van der Waals surface area contributed by atoms with Crippen LogP contribution < -0.4 is 10.1 Å². The van der Waals surface area contributed by atoms with Crippen LogP contribution in [-0.4, -0.2) is 32.2 Å². The van der Waals surface area contributed by atoms with Crippen molar-refractivity contribution in [3.8, 4) is 5.75 Å². The molecular weight excluding hydrogens is 280 g/mol. The summed E-state index contributed by atoms with van der Waals surface area (Å²) in [6.07, 6.45) is 4.11. The second-order valence-corrected chi connectivity index (χ2v) is 4.93. The molecule has 0 saturated carbocycles. The first-order valence-corrected chi connectivity index (χ1v) is 7.83. The molecule has 122 valence electrons. The van der Waals surface area contributed by atoms with Crippen molar-refractivity contribution in [1.29, 1.82) is 0 Å². The van der Waals surface area contributed by atoms with Crippen molar-refractivity contribution in [2.75, 3.05) is 20.3 Å². The fraction of sp³-hybridized carbons (Fsp3) is 0.529. The predicted octanol–water partition coefficient (Wildman–Crippen LogP) is 3.40. The van der Waals surface area contributed by atoms with Gasteiger partial charge in [-0.25, -0.2) is 4.99 Å². The molecule has 22 heavy (non-hydrogen) atoms. The molecule has 0 aliphatic heterocycles. The van der Waals surface area contributed by atoms with Crippen molar-refractivity contribution in [1.82, 2.24) is 5.32 Å². The standard InChI is InChI=1S/C17H26N2O3/c1-4-6-7-11-18-17(22-12-5-2)19-16(20)14-9-8-10-15(13-14)21-3/h8-10,13H,4-7,11-12H2,1-3H3,(H,18,19,20). The number of amides is 1. The van der Waals surface area contributed by atoms with E-state index in [4.69, 9.17) is 9.47 Å². The van der Waals surface area contributed by atoms with Gasteiger partial charge in [0.05, 0.1) is 13.7 Å². The molecule has 0 unspecified atom stereocenters. The SMILES string of the molecule is CCCCCN=C(NC(=O)c1cccc(OC)c1)OCCC. The van der Waals surface area contributed by atoms with E-state index in [0.717, 1.165) is 25.7 Å². The van der Waals surface area contributed by atoms with Gasteiger partial charge in [0.2, 0.25) is 0 Å². The summed E-state index contributed by atoms with van der Waals surface area (Å²) in [5, 5.41) is 2.73. The molecule has 5 nitrogen and oxygen atoms in total. The Hall–Kier alpha value is -2.04. The van der Waals surface area contributed by atoms with Crippen LogP contribution in [0, 0.1) is 0 Å². The molecule has 0 saturated heterocycles. The molecule has 1 rings (SSSR count). The van der Waals surface area contributed by atoms with Gasteiger partial charge in [-0.15, -0.1) is 0 Å². The van der Waals surface area contributed by atoms with Crippen molar-refractivity contribution in [2.24, 2.45) is 4.99 Å². The summed E-state index contributed by atoms with van der Waals surface area (Å²) in [6.45, 7) is 5.34. The van der Waals surface area contributed by atoms with Crippen molar-refractivity contribution in [3.63, 3.8) is 0 Å². The Morgan fingerprint density at radius 2 is 2.05 bits per heavy atom. The molecule has 0 heterocycles. The number of hydrogen-bond donors (Lipinski definition) is 1. The number of carbonyl (C=O) groups is 1.